The second-order valence-corrected chi connectivity index (χ2v) is 7.17. The van der Waals surface area contributed by atoms with Crippen molar-refractivity contribution in [3.05, 3.63) is 59.9 Å². The molecule has 3 aromatic rings. The molecule has 29 heavy (non-hydrogen) atoms. The van der Waals surface area contributed by atoms with E-state index in [2.05, 4.69) is 4.98 Å². The molecule has 0 saturated carbocycles. The van der Waals surface area contributed by atoms with E-state index in [0.29, 0.717) is 11.0 Å². The van der Waals surface area contributed by atoms with Crippen molar-refractivity contribution in [2.75, 3.05) is 7.05 Å². The van der Waals surface area contributed by atoms with Crippen LogP contribution in [0.15, 0.2) is 53.7 Å². The summed E-state index contributed by atoms with van der Waals surface area (Å²) in [7, 11) is 1.35. The number of likely N-dealkylation sites (N-methyl/N-ethyl adjacent to an activating group) is 1. The summed E-state index contributed by atoms with van der Waals surface area (Å²) in [6.45, 7) is -0.342. The van der Waals surface area contributed by atoms with Gasteiger partial charge < -0.3 is 15.2 Å². The van der Waals surface area contributed by atoms with Crippen molar-refractivity contribution in [2.24, 2.45) is 5.73 Å². The lowest BCUT2D eigenvalue weighted by Crippen LogP contribution is -2.40. The maximum absolute atomic E-state index is 13.6. The number of nitrogens with two attached hydrogens (primary N) is 1. The summed E-state index contributed by atoms with van der Waals surface area (Å²) in [5, 5.41) is -0.0238. The van der Waals surface area contributed by atoms with E-state index in [9.17, 15) is 22.8 Å². The highest BCUT2D eigenvalue weighted by molar-refractivity contribution is 7.99. The zero-order valence-corrected chi connectivity index (χ0v) is 16.1. The third-order valence-electron chi connectivity index (χ3n) is 4.32. The maximum atomic E-state index is 13.6. The van der Waals surface area contributed by atoms with Gasteiger partial charge in [0, 0.05) is 7.05 Å². The third kappa shape index (κ3) is 4.53. The molecule has 0 aliphatic heterocycles. The van der Waals surface area contributed by atoms with Gasteiger partial charge in [0.15, 0.2) is 5.16 Å². The minimum atomic E-state index is -2.72. The Kier molecular flexibility index (Phi) is 6.12. The second-order valence-electron chi connectivity index (χ2n) is 6.21. The fourth-order valence-corrected chi connectivity index (χ4v) is 3.62. The number of carbonyl (C=O) groups is 2. The van der Waals surface area contributed by atoms with Gasteiger partial charge in [-0.25, -0.2) is 9.37 Å². The van der Waals surface area contributed by atoms with Crippen LogP contribution in [0.25, 0.3) is 11.0 Å². The van der Waals surface area contributed by atoms with Gasteiger partial charge in [-0.2, -0.15) is 8.78 Å². The number of hydrogen-bond donors (Lipinski definition) is 1. The number of fused-ring (bicyclic) bond motifs is 1. The topological polar surface area (TPSA) is 81.2 Å². The molecule has 1 heterocycles. The van der Waals surface area contributed by atoms with E-state index in [1.807, 2.05) is 0 Å². The zero-order valence-electron chi connectivity index (χ0n) is 15.3. The van der Waals surface area contributed by atoms with E-state index in [1.165, 1.54) is 29.8 Å². The lowest BCUT2D eigenvalue weighted by Gasteiger charge is -2.26. The quantitative estimate of drug-likeness (QED) is 0.593. The number of benzene rings is 2. The fraction of sp³-hybridized carbons (Fsp3) is 0.211. The summed E-state index contributed by atoms with van der Waals surface area (Å²) >= 11 is 0.224. The number of carbonyl (C=O) groups excluding carboxylic acids is 2. The van der Waals surface area contributed by atoms with Gasteiger partial charge in [0.05, 0.1) is 11.0 Å². The van der Waals surface area contributed by atoms with Gasteiger partial charge in [-0.15, -0.1) is 0 Å². The Morgan fingerprint density at radius 2 is 1.93 bits per heavy atom. The van der Waals surface area contributed by atoms with E-state index in [4.69, 9.17) is 5.73 Å². The first-order valence-corrected chi connectivity index (χ1v) is 9.36. The molecule has 2 aromatic carbocycles. The average Bonchev–Trinajstić information content (AvgIpc) is 2.98. The normalized spacial score (nSPS) is 12.3. The van der Waals surface area contributed by atoms with Crippen LogP contribution in [0.2, 0.25) is 0 Å². The molecule has 1 atom stereocenters. The van der Waals surface area contributed by atoms with Crippen molar-refractivity contribution in [2.45, 2.75) is 23.5 Å². The molecule has 0 fully saturated rings. The average molecular weight is 422 g/mol. The van der Waals surface area contributed by atoms with E-state index in [-0.39, 0.29) is 29.0 Å². The van der Waals surface area contributed by atoms with Gasteiger partial charge >= 0.3 is 0 Å². The van der Waals surface area contributed by atoms with Crippen LogP contribution in [0.3, 0.4) is 0 Å². The Labute approximate surface area is 168 Å². The zero-order chi connectivity index (χ0) is 21.1. The number of thioether (sulfide) groups is 1. The lowest BCUT2D eigenvalue weighted by atomic mass is 10.0. The van der Waals surface area contributed by atoms with Crippen molar-refractivity contribution in [3.63, 3.8) is 0 Å². The van der Waals surface area contributed by atoms with E-state index in [1.54, 1.807) is 24.3 Å². The second kappa shape index (κ2) is 8.56. The molecular weight excluding hydrogens is 405 g/mol. The number of imidazole rings is 1. The minimum Gasteiger partial charge on any atom is -0.368 e. The van der Waals surface area contributed by atoms with Crippen LogP contribution in [0.4, 0.5) is 13.2 Å². The first-order chi connectivity index (χ1) is 13.8. The molecule has 1 aromatic heterocycles. The van der Waals surface area contributed by atoms with Gasteiger partial charge in [-0.1, -0.05) is 24.3 Å². The number of para-hydroxylation sites is 2. The highest BCUT2D eigenvalue weighted by Gasteiger charge is 2.28. The Hall–Kier alpha value is -3.01. The number of nitrogens with zero attached hydrogens (tertiary/aromatic N) is 3. The van der Waals surface area contributed by atoms with Gasteiger partial charge in [-0.3, -0.25) is 9.59 Å². The predicted molar refractivity (Wildman–Crippen MR) is 103 cm³/mol. The van der Waals surface area contributed by atoms with E-state index < -0.39 is 29.4 Å². The molecule has 3 rings (SSSR count). The minimum absolute atomic E-state index is 0.0238. The Bertz CT molecular complexity index is 1060. The Morgan fingerprint density at radius 3 is 2.59 bits per heavy atom. The third-order valence-corrected chi connectivity index (χ3v) is 5.02. The standard InChI is InChI=1S/C19H17F3N4O2S/c1-25(16(17(23)28)11-5-4-6-12(20)9-11)15(27)10-26-14-8-3-2-7-13(14)24-19(26)29-18(21)22/h2-9,16,18H,10H2,1H3,(H2,23,28). The summed E-state index contributed by atoms with van der Waals surface area (Å²) < 4.78 is 40.8. The Balaban J connectivity index is 1.93. The molecule has 0 aliphatic carbocycles. The summed E-state index contributed by atoms with van der Waals surface area (Å²) in [4.78, 5) is 30.1. The molecule has 6 nitrogen and oxygen atoms in total. The van der Waals surface area contributed by atoms with Crippen LogP contribution >= 0.6 is 11.8 Å². The molecule has 152 valence electrons. The number of primary amides is 1. The highest BCUT2D eigenvalue weighted by Crippen LogP contribution is 2.29. The lowest BCUT2D eigenvalue weighted by molar-refractivity contribution is -0.138. The summed E-state index contributed by atoms with van der Waals surface area (Å²) in [6.07, 6.45) is 0. The van der Waals surface area contributed by atoms with Crippen LogP contribution in [0.5, 0.6) is 0 Å². The van der Waals surface area contributed by atoms with E-state index in [0.717, 1.165) is 11.0 Å². The molecule has 1 unspecified atom stereocenters. The number of halogens is 3. The van der Waals surface area contributed by atoms with Crippen molar-refractivity contribution in [3.8, 4) is 0 Å². The molecule has 0 bridgehead atoms. The van der Waals surface area contributed by atoms with Gasteiger partial charge in [0.25, 0.3) is 5.76 Å². The number of amides is 2. The maximum Gasteiger partial charge on any atom is 0.291 e. The predicted octanol–water partition coefficient (Wildman–Crippen LogP) is 3.18. The van der Waals surface area contributed by atoms with Crippen LogP contribution in [-0.4, -0.2) is 39.1 Å². The molecule has 2 amide bonds. The molecule has 0 radical (unpaired) electrons. The van der Waals surface area contributed by atoms with Crippen molar-refractivity contribution in [1.82, 2.24) is 14.5 Å². The molecular formula is C19H17F3N4O2S. The fourth-order valence-electron chi connectivity index (χ4n) is 3.02. The summed E-state index contributed by atoms with van der Waals surface area (Å²) in [5.74, 6) is -4.71. The van der Waals surface area contributed by atoms with Gasteiger partial charge in [-0.05, 0) is 41.6 Å². The van der Waals surface area contributed by atoms with Crippen LogP contribution in [-0.2, 0) is 16.1 Å². The number of hydrogen-bond acceptors (Lipinski definition) is 4. The van der Waals surface area contributed by atoms with Crippen LogP contribution in [0, 0.1) is 5.82 Å². The van der Waals surface area contributed by atoms with Crippen molar-refractivity contribution < 1.29 is 22.8 Å². The van der Waals surface area contributed by atoms with Gasteiger partial charge in [0.1, 0.15) is 18.4 Å². The first-order valence-electron chi connectivity index (χ1n) is 8.48. The largest absolute Gasteiger partial charge is 0.368 e. The monoisotopic (exact) mass is 422 g/mol. The Morgan fingerprint density at radius 1 is 1.21 bits per heavy atom. The van der Waals surface area contributed by atoms with Crippen molar-refractivity contribution in [1.29, 1.82) is 0 Å². The SMILES string of the molecule is CN(C(=O)Cn1c(SC(F)F)nc2ccccc21)C(C(N)=O)c1cccc(F)c1. The summed E-state index contributed by atoms with van der Waals surface area (Å²) in [6, 6.07) is 10.7. The number of alkyl halides is 2. The number of rotatable bonds is 7. The van der Waals surface area contributed by atoms with E-state index >= 15 is 0 Å². The molecule has 0 saturated heterocycles. The van der Waals surface area contributed by atoms with Crippen molar-refractivity contribution >= 4 is 34.6 Å². The van der Waals surface area contributed by atoms with Crippen LogP contribution in [0.1, 0.15) is 11.6 Å². The highest BCUT2D eigenvalue weighted by atomic mass is 32.2. The molecule has 0 spiro atoms. The molecule has 2 N–H and O–H groups in total. The summed E-state index contributed by atoms with van der Waals surface area (Å²) in [5.41, 5.74) is 6.61. The van der Waals surface area contributed by atoms with Gasteiger partial charge in [0.2, 0.25) is 11.8 Å². The smallest absolute Gasteiger partial charge is 0.291 e. The molecule has 10 heteroatoms. The molecule has 0 aliphatic rings. The van der Waals surface area contributed by atoms with Crippen LogP contribution < -0.4 is 5.73 Å². The number of aromatic nitrogens is 2. The first kappa shape index (κ1) is 20.7.